The summed E-state index contributed by atoms with van der Waals surface area (Å²) in [5, 5.41) is 19.4. The molecule has 0 aliphatic heterocycles. The first-order chi connectivity index (χ1) is 8.63. The molecule has 0 amide bonds. The predicted molar refractivity (Wildman–Crippen MR) is 72.1 cm³/mol. The van der Waals surface area contributed by atoms with Crippen LogP contribution in [0, 0.1) is 29.1 Å². The third-order valence-electron chi connectivity index (χ3n) is 6.56. The van der Waals surface area contributed by atoms with Gasteiger partial charge in [0, 0.05) is 6.61 Å². The molecular formula is C16H28O2. The molecule has 6 atom stereocenters. The maximum absolute atomic E-state index is 10.3. The molecule has 2 N–H and O–H groups in total. The quantitative estimate of drug-likeness (QED) is 0.793. The minimum atomic E-state index is -0.0429. The zero-order chi connectivity index (χ0) is 12.8. The second-order valence-corrected chi connectivity index (χ2v) is 7.45. The van der Waals surface area contributed by atoms with Crippen molar-refractivity contribution in [3.63, 3.8) is 0 Å². The minimum absolute atomic E-state index is 0.0429. The first-order valence-corrected chi connectivity index (χ1v) is 7.92. The van der Waals surface area contributed by atoms with Gasteiger partial charge in [0.1, 0.15) is 0 Å². The highest BCUT2D eigenvalue weighted by Gasteiger charge is 2.52. The van der Waals surface area contributed by atoms with Crippen LogP contribution in [0.5, 0.6) is 0 Å². The maximum Gasteiger partial charge on any atom is 0.0596 e. The first-order valence-electron chi connectivity index (χ1n) is 7.92. The summed E-state index contributed by atoms with van der Waals surface area (Å²) in [5.74, 6) is 3.28. The molecule has 3 aliphatic rings. The fourth-order valence-corrected chi connectivity index (χ4v) is 5.34. The predicted octanol–water partition coefficient (Wildman–Crippen LogP) is 2.97. The van der Waals surface area contributed by atoms with Gasteiger partial charge in [-0.1, -0.05) is 13.3 Å². The number of rotatable bonds is 2. The van der Waals surface area contributed by atoms with Crippen LogP contribution >= 0.6 is 0 Å². The van der Waals surface area contributed by atoms with E-state index in [9.17, 15) is 5.11 Å². The Hall–Kier alpha value is -0.0800. The zero-order valence-electron chi connectivity index (χ0n) is 11.6. The van der Waals surface area contributed by atoms with Gasteiger partial charge in [-0.2, -0.15) is 0 Å². The van der Waals surface area contributed by atoms with Gasteiger partial charge < -0.3 is 10.2 Å². The Morgan fingerprint density at radius 2 is 1.89 bits per heavy atom. The summed E-state index contributed by atoms with van der Waals surface area (Å²) in [4.78, 5) is 0. The molecule has 0 saturated heterocycles. The van der Waals surface area contributed by atoms with Crippen molar-refractivity contribution in [2.75, 3.05) is 6.61 Å². The Morgan fingerprint density at radius 1 is 1.06 bits per heavy atom. The van der Waals surface area contributed by atoms with E-state index in [0.29, 0.717) is 6.61 Å². The standard InChI is InChI=1S/C16H28O2/c1-16-10-12-3-2-11(6-7-17)8-13(12)9-14(16)4-5-15(16)18/h11-15,17-18H,2-10H2,1H3/t11-,12-,13-,14+,15+,16+/m1/s1. The number of hydrogen-bond acceptors (Lipinski definition) is 2. The van der Waals surface area contributed by atoms with Crippen molar-refractivity contribution in [3.05, 3.63) is 0 Å². The third-order valence-corrected chi connectivity index (χ3v) is 6.56. The molecule has 18 heavy (non-hydrogen) atoms. The normalized spacial score (nSPS) is 51.8. The molecule has 0 aromatic carbocycles. The van der Waals surface area contributed by atoms with E-state index in [1.165, 1.54) is 38.5 Å². The highest BCUT2D eigenvalue weighted by Crippen LogP contribution is 2.58. The fourth-order valence-electron chi connectivity index (χ4n) is 5.34. The summed E-state index contributed by atoms with van der Waals surface area (Å²) in [6, 6.07) is 0. The topological polar surface area (TPSA) is 40.5 Å². The van der Waals surface area contributed by atoms with Crippen LogP contribution in [-0.4, -0.2) is 22.9 Å². The van der Waals surface area contributed by atoms with Gasteiger partial charge in [-0.05, 0) is 74.0 Å². The van der Waals surface area contributed by atoms with E-state index < -0.39 is 0 Å². The number of fused-ring (bicyclic) bond motifs is 2. The molecule has 3 rings (SSSR count). The monoisotopic (exact) mass is 252 g/mol. The van der Waals surface area contributed by atoms with Gasteiger partial charge >= 0.3 is 0 Å². The van der Waals surface area contributed by atoms with Gasteiger partial charge in [0.15, 0.2) is 0 Å². The third kappa shape index (κ3) is 2.02. The van der Waals surface area contributed by atoms with Crippen LogP contribution in [0.25, 0.3) is 0 Å². The molecule has 2 nitrogen and oxygen atoms in total. The van der Waals surface area contributed by atoms with Gasteiger partial charge in [-0.3, -0.25) is 0 Å². The Morgan fingerprint density at radius 3 is 2.67 bits per heavy atom. The van der Waals surface area contributed by atoms with Gasteiger partial charge in [-0.25, -0.2) is 0 Å². The summed E-state index contributed by atoms with van der Waals surface area (Å²) < 4.78 is 0. The molecule has 0 radical (unpaired) electrons. The Balaban J connectivity index is 1.68. The molecule has 0 bridgehead atoms. The first kappa shape index (κ1) is 12.9. The van der Waals surface area contributed by atoms with Crippen LogP contribution in [0.1, 0.15) is 58.3 Å². The molecule has 3 aliphatic carbocycles. The van der Waals surface area contributed by atoms with E-state index in [1.54, 1.807) is 0 Å². The molecule has 0 aromatic heterocycles. The van der Waals surface area contributed by atoms with Crippen LogP contribution < -0.4 is 0 Å². The van der Waals surface area contributed by atoms with Crippen molar-refractivity contribution in [2.24, 2.45) is 29.1 Å². The largest absolute Gasteiger partial charge is 0.396 e. The Labute approximate surface area is 111 Å². The Kier molecular flexibility index (Phi) is 3.44. The number of aliphatic hydroxyl groups excluding tert-OH is 2. The van der Waals surface area contributed by atoms with Crippen molar-refractivity contribution in [1.82, 2.24) is 0 Å². The lowest BCUT2D eigenvalue weighted by Gasteiger charge is -2.49. The van der Waals surface area contributed by atoms with Gasteiger partial charge in [-0.15, -0.1) is 0 Å². The number of aliphatic hydroxyl groups is 2. The summed E-state index contributed by atoms with van der Waals surface area (Å²) in [6.07, 6.45) is 9.82. The van der Waals surface area contributed by atoms with E-state index in [0.717, 1.165) is 36.5 Å². The van der Waals surface area contributed by atoms with Crippen molar-refractivity contribution < 1.29 is 10.2 Å². The summed E-state index contributed by atoms with van der Waals surface area (Å²) >= 11 is 0. The summed E-state index contributed by atoms with van der Waals surface area (Å²) in [5.41, 5.74) is 0.227. The van der Waals surface area contributed by atoms with Gasteiger partial charge in [0.2, 0.25) is 0 Å². The second-order valence-electron chi connectivity index (χ2n) is 7.45. The van der Waals surface area contributed by atoms with Gasteiger partial charge in [0.05, 0.1) is 6.10 Å². The molecule has 0 unspecified atom stereocenters. The van der Waals surface area contributed by atoms with E-state index in [4.69, 9.17) is 5.11 Å². The van der Waals surface area contributed by atoms with E-state index in [1.807, 2.05) is 0 Å². The average molecular weight is 252 g/mol. The molecule has 3 fully saturated rings. The van der Waals surface area contributed by atoms with Crippen LogP contribution in [-0.2, 0) is 0 Å². The summed E-state index contributed by atoms with van der Waals surface area (Å²) in [7, 11) is 0. The van der Waals surface area contributed by atoms with Crippen LogP contribution in [0.15, 0.2) is 0 Å². The SMILES string of the molecule is C[C@]12C[C@H]3CC[C@H](CCO)C[C@@H]3C[C@@H]1CC[C@@H]2O. The molecule has 2 heteroatoms. The lowest BCUT2D eigenvalue weighted by Crippen LogP contribution is -2.43. The van der Waals surface area contributed by atoms with Crippen molar-refractivity contribution in [2.45, 2.75) is 64.4 Å². The Bertz CT molecular complexity index is 303. The molecule has 0 aromatic rings. The second kappa shape index (κ2) is 4.79. The molecular weight excluding hydrogens is 224 g/mol. The highest BCUT2D eigenvalue weighted by molar-refractivity contribution is 5.02. The van der Waals surface area contributed by atoms with E-state index in [-0.39, 0.29) is 11.5 Å². The highest BCUT2D eigenvalue weighted by atomic mass is 16.3. The van der Waals surface area contributed by atoms with Crippen LogP contribution in [0.4, 0.5) is 0 Å². The molecule has 0 heterocycles. The molecule has 3 saturated carbocycles. The van der Waals surface area contributed by atoms with Crippen molar-refractivity contribution >= 4 is 0 Å². The van der Waals surface area contributed by atoms with E-state index in [2.05, 4.69) is 6.92 Å². The lowest BCUT2D eigenvalue weighted by atomic mass is 9.56. The van der Waals surface area contributed by atoms with Crippen LogP contribution in [0.3, 0.4) is 0 Å². The fraction of sp³-hybridized carbons (Fsp3) is 1.00. The maximum atomic E-state index is 10.3. The molecule has 104 valence electrons. The van der Waals surface area contributed by atoms with E-state index >= 15 is 0 Å². The zero-order valence-corrected chi connectivity index (χ0v) is 11.6. The minimum Gasteiger partial charge on any atom is -0.396 e. The van der Waals surface area contributed by atoms with Crippen molar-refractivity contribution in [3.8, 4) is 0 Å². The lowest BCUT2D eigenvalue weighted by molar-refractivity contribution is -0.0452. The van der Waals surface area contributed by atoms with Gasteiger partial charge in [0.25, 0.3) is 0 Å². The summed E-state index contributed by atoms with van der Waals surface area (Å²) in [6.45, 7) is 2.70. The number of hydrogen-bond donors (Lipinski definition) is 2. The average Bonchev–Trinajstić information content (AvgIpc) is 2.63. The van der Waals surface area contributed by atoms with Crippen LogP contribution in [0.2, 0.25) is 0 Å². The molecule has 0 spiro atoms. The van der Waals surface area contributed by atoms with Crippen molar-refractivity contribution in [1.29, 1.82) is 0 Å². The smallest absolute Gasteiger partial charge is 0.0596 e.